The lowest BCUT2D eigenvalue weighted by molar-refractivity contribution is -0.123. The van der Waals surface area contributed by atoms with Crippen LogP contribution in [-0.4, -0.2) is 36.1 Å². The number of aliphatic hydroxyl groups is 1. The number of benzene rings is 2. The van der Waals surface area contributed by atoms with Crippen LogP contribution in [0.3, 0.4) is 0 Å². The molecule has 2 aliphatic heterocycles. The number of ether oxygens (including phenoxy) is 2. The molecule has 2 aromatic rings. The van der Waals surface area contributed by atoms with Crippen LogP contribution in [0.4, 0.5) is 5.69 Å². The first-order chi connectivity index (χ1) is 12.1. The minimum Gasteiger partial charge on any atom is -0.507 e. The Bertz CT molecular complexity index is 850. The maximum atomic E-state index is 13.3. The van der Waals surface area contributed by atoms with E-state index in [0.717, 1.165) is 12.1 Å². The van der Waals surface area contributed by atoms with Gasteiger partial charge in [0.2, 0.25) is 12.7 Å². The van der Waals surface area contributed by atoms with Crippen LogP contribution in [0.15, 0.2) is 36.4 Å². The van der Waals surface area contributed by atoms with Crippen molar-refractivity contribution in [2.24, 2.45) is 0 Å². The molecule has 0 radical (unpaired) electrons. The third kappa shape index (κ3) is 2.04. The first-order valence-electron chi connectivity index (χ1n) is 8.29. The van der Waals surface area contributed by atoms with E-state index < -0.39 is 12.0 Å². The number of carbonyl (C=O) groups excluding carboxylic acids is 1. The minimum atomic E-state index is -1.35. The summed E-state index contributed by atoms with van der Waals surface area (Å²) in [6.45, 7) is 2.16. The quantitative estimate of drug-likeness (QED) is 0.891. The summed E-state index contributed by atoms with van der Waals surface area (Å²) in [6, 6.07) is 10.4. The number of amides is 1. The zero-order valence-electron chi connectivity index (χ0n) is 13.9. The summed E-state index contributed by atoms with van der Waals surface area (Å²) < 4.78 is 10.7. The molecule has 25 heavy (non-hydrogen) atoms. The standard InChI is InChI=1S/C19H19NO5/c1-2-7-20-14-6-4-3-5-12(14)19(10-21,18(20)23)13-8-16-17(9-15(13)22)25-11-24-16/h3-6,8-9,21-22H,2,7,10-11H2,1H3. The Labute approximate surface area is 145 Å². The molecule has 0 fully saturated rings. The van der Waals surface area contributed by atoms with Crippen LogP contribution in [0.25, 0.3) is 0 Å². The molecule has 1 amide bonds. The second-order valence-corrected chi connectivity index (χ2v) is 6.26. The van der Waals surface area contributed by atoms with Crippen LogP contribution in [0.5, 0.6) is 17.2 Å². The molecule has 0 aliphatic carbocycles. The van der Waals surface area contributed by atoms with Crippen molar-refractivity contribution in [1.82, 2.24) is 0 Å². The van der Waals surface area contributed by atoms with E-state index in [9.17, 15) is 15.0 Å². The average Bonchev–Trinajstić information content (AvgIpc) is 3.16. The molecule has 0 aromatic heterocycles. The van der Waals surface area contributed by atoms with Crippen LogP contribution < -0.4 is 14.4 Å². The number of aromatic hydroxyl groups is 1. The molecule has 6 nitrogen and oxygen atoms in total. The van der Waals surface area contributed by atoms with Crippen LogP contribution in [0.1, 0.15) is 24.5 Å². The molecule has 2 N–H and O–H groups in total. The topological polar surface area (TPSA) is 79.2 Å². The average molecular weight is 341 g/mol. The maximum absolute atomic E-state index is 13.3. The Balaban J connectivity index is 1.96. The minimum absolute atomic E-state index is 0.0663. The fraction of sp³-hybridized carbons (Fsp3) is 0.316. The summed E-state index contributed by atoms with van der Waals surface area (Å²) in [7, 11) is 0. The lowest BCUT2D eigenvalue weighted by atomic mass is 9.75. The van der Waals surface area contributed by atoms with E-state index in [0.29, 0.717) is 29.2 Å². The molecule has 0 saturated heterocycles. The predicted octanol–water partition coefficient (Wildman–Crippen LogP) is 2.16. The van der Waals surface area contributed by atoms with Gasteiger partial charge in [0.1, 0.15) is 11.2 Å². The van der Waals surface area contributed by atoms with Gasteiger partial charge in [-0.05, 0) is 24.1 Å². The fourth-order valence-corrected chi connectivity index (χ4v) is 3.74. The zero-order chi connectivity index (χ0) is 17.6. The van der Waals surface area contributed by atoms with E-state index in [1.165, 1.54) is 6.07 Å². The van der Waals surface area contributed by atoms with Gasteiger partial charge in [0, 0.05) is 23.9 Å². The van der Waals surface area contributed by atoms with Crippen molar-refractivity contribution >= 4 is 11.6 Å². The van der Waals surface area contributed by atoms with Crippen molar-refractivity contribution < 1.29 is 24.5 Å². The molecule has 6 heteroatoms. The molecule has 4 rings (SSSR count). The number of hydrogen-bond donors (Lipinski definition) is 2. The summed E-state index contributed by atoms with van der Waals surface area (Å²) in [5, 5.41) is 20.9. The maximum Gasteiger partial charge on any atom is 0.244 e. The second-order valence-electron chi connectivity index (χ2n) is 6.26. The highest BCUT2D eigenvalue weighted by molar-refractivity contribution is 6.11. The second kappa shape index (κ2) is 5.67. The normalized spacial score (nSPS) is 20.9. The SMILES string of the molecule is CCCN1C(=O)C(CO)(c2cc3c(cc2O)OCO3)c2ccccc21. The number of rotatable bonds is 4. The third-order valence-corrected chi connectivity index (χ3v) is 4.90. The van der Waals surface area contributed by atoms with E-state index in [1.807, 2.05) is 31.2 Å². The Kier molecular flexibility index (Phi) is 3.58. The summed E-state index contributed by atoms with van der Waals surface area (Å²) in [5.41, 5.74) is 0.428. The van der Waals surface area contributed by atoms with Gasteiger partial charge in [-0.25, -0.2) is 0 Å². The number of phenols is 1. The summed E-state index contributed by atoms with van der Waals surface area (Å²) in [5.74, 6) is 0.547. The molecule has 1 atom stereocenters. The molecule has 2 heterocycles. The van der Waals surface area contributed by atoms with Crippen molar-refractivity contribution in [1.29, 1.82) is 0 Å². The number of aliphatic hydroxyl groups excluding tert-OH is 1. The predicted molar refractivity (Wildman–Crippen MR) is 91.2 cm³/mol. The van der Waals surface area contributed by atoms with Crippen LogP contribution >= 0.6 is 0 Å². The Morgan fingerprint density at radius 2 is 1.88 bits per heavy atom. The lowest BCUT2D eigenvalue weighted by Gasteiger charge is -2.28. The molecule has 0 spiro atoms. The van der Waals surface area contributed by atoms with E-state index >= 15 is 0 Å². The molecule has 0 saturated carbocycles. The van der Waals surface area contributed by atoms with Gasteiger partial charge in [0.25, 0.3) is 0 Å². The molecule has 2 aliphatic rings. The third-order valence-electron chi connectivity index (χ3n) is 4.90. The number of nitrogens with zero attached hydrogens (tertiary/aromatic N) is 1. The van der Waals surface area contributed by atoms with Gasteiger partial charge in [-0.1, -0.05) is 25.1 Å². The number of fused-ring (bicyclic) bond motifs is 2. The highest BCUT2D eigenvalue weighted by Gasteiger charge is 2.53. The highest BCUT2D eigenvalue weighted by atomic mass is 16.7. The van der Waals surface area contributed by atoms with Gasteiger partial charge < -0.3 is 24.6 Å². The van der Waals surface area contributed by atoms with Crippen molar-refractivity contribution in [2.75, 3.05) is 24.8 Å². The fourth-order valence-electron chi connectivity index (χ4n) is 3.74. The van der Waals surface area contributed by atoms with Crippen molar-refractivity contribution in [2.45, 2.75) is 18.8 Å². The Morgan fingerprint density at radius 3 is 2.60 bits per heavy atom. The smallest absolute Gasteiger partial charge is 0.244 e. The zero-order valence-corrected chi connectivity index (χ0v) is 13.9. The van der Waals surface area contributed by atoms with Crippen molar-refractivity contribution in [3.8, 4) is 17.2 Å². The lowest BCUT2D eigenvalue weighted by Crippen LogP contribution is -2.44. The largest absolute Gasteiger partial charge is 0.507 e. The summed E-state index contributed by atoms with van der Waals surface area (Å²) in [4.78, 5) is 15.0. The summed E-state index contributed by atoms with van der Waals surface area (Å²) >= 11 is 0. The van der Waals surface area contributed by atoms with Gasteiger partial charge in [-0.2, -0.15) is 0 Å². The van der Waals surface area contributed by atoms with Crippen molar-refractivity contribution in [3.63, 3.8) is 0 Å². The van der Waals surface area contributed by atoms with Gasteiger partial charge in [0.15, 0.2) is 11.5 Å². The van der Waals surface area contributed by atoms with Gasteiger partial charge in [-0.15, -0.1) is 0 Å². The first-order valence-corrected chi connectivity index (χ1v) is 8.29. The van der Waals surface area contributed by atoms with Crippen LogP contribution in [0, 0.1) is 0 Å². The highest BCUT2D eigenvalue weighted by Crippen LogP contribution is 2.51. The number of para-hydroxylation sites is 1. The summed E-state index contributed by atoms with van der Waals surface area (Å²) in [6.07, 6.45) is 0.786. The van der Waals surface area contributed by atoms with Crippen LogP contribution in [-0.2, 0) is 10.2 Å². The van der Waals surface area contributed by atoms with Crippen molar-refractivity contribution in [3.05, 3.63) is 47.5 Å². The number of anilines is 1. The molecule has 130 valence electrons. The van der Waals surface area contributed by atoms with Gasteiger partial charge >= 0.3 is 0 Å². The molecular formula is C19H19NO5. The molecular weight excluding hydrogens is 322 g/mol. The van der Waals surface area contributed by atoms with Crippen LogP contribution in [0.2, 0.25) is 0 Å². The van der Waals surface area contributed by atoms with E-state index in [1.54, 1.807) is 11.0 Å². The van der Waals surface area contributed by atoms with E-state index in [-0.39, 0.29) is 18.4 Å². The number of hydrogen-bond acceptors (Lipinski definition) is 5. The molecule has 0 bridgehead atoms. The first kappa shape index (κ1) is 15.8. The number of phenolic OH excluding ortho intramolecular Hbond substituents is 1. The van der Waals surface area contributed by atoms with Gasteiger partial charge in [0.05, 0.1) is 6.61 Å². The molecule has 2 aromatic carbocycles. The number of carbonyl (C=O) groups is 1. The van der Waals surface area contributed by atoms with Gasteiger partial charge in [-0.3, -0.25) is 4.79 Å². The van der Waals surface area contributed by atoms with E-state index in [4.69, 9.17) is 9.47 Å². The monoisotopic (exact) mass is 341 g/mol. The van der Waals surface area contributed by atoms with E-state index in [2.05, 4.69) is 0 Å². The Hall–Kier alpha value is -2.73. The molecule has 1 unspecified atom stereocenters. The Morgan fingerprint density at radius 1 is 1.16 bits per heavy atom.